The van der Waals surface area contributed by atoms with Crippen LogP contribution in [0, 0.1) is 12.8 Å². The van der Waals surface area contributed by atoms with Gasteiger partial charge in [0.15, 0.2) is 5.82 Å². The van der Waals surface area contributed by atoms with Crippen LogP contribution in [0.1, 0.15) is 26.0 Å². The van der Waals surface area contributed by atoms with Gasteiger partial charge in [0, 0.05) is 25.4 Å². The second-order valence-corrected chi connectivity index (χ2v) is 4.36. The fourth-order valence-electron chi connectivity index (χ4n) is 1.26. The molecule has 0 aliphatic heterocycles. The molecule has 0 radical (unpaired) electrons. The average molecular weight is 224 g/mol. The quantitative estimate of drug-likeness (QED) is 0.820. The maximum Gasteiger partial charge on any atom is 0.320 e. The van der Waals surface area contributed by atoms with Gasteiger partial charge < -0.3 is 5.32 Å². The average Bonchev–Trinajstić information content (AvgIpc) is 2.44. The van der Waals surface area contributed by atoms with E-state index in [2.05, 4.69) is 29.6 Å². The van der Waals surface area contributed by atoms with Crippen LogP contribution in [0.15, 0.2) is 6.07 Å². The number of carbonyl (C=O) groups excluding carboxylic acids is 1. The molecule has 5 heteroatoms. The van der Waals surface area contributed by atoms with E-state index in [1.54, 1.807) is 4.68 Å². The third-order valence-corrected chi connectivity index (χ3v) is 2.36. The summed E-state index contributed by atoms with van der Waals surface area (Å²) in [4.78, 5) is 11.4. The molecule has 0 bridgehead atoms. The van der Waals surface area contributed by atoms with E-state index < -0.39 is 0 Å². The van der Waals surface area contributed by atoms with Crippen LogP contribution in [-0.4, -0.2) is 22.4 Å². The molecule has 0 aromatic carbocycles. The summed E-state index contributed by atoms with van der Waals surface area (Å²) >= 11 is 0. The highest BCUT2D eigenvalue weighted by atomic mass is 16.2. The maximum atomic E-state index is 11.4. The molecule has 2 N–H and O–H groups in total. The summed E-state index contributed by atoms with van der Waals surface area (Å²) in [6.45, 7) is 6.88. The zero-order valence-electron chi connectivity index (χ0n) is 10.4. The van der Waals surface area contributed by atoms with Crippen LogP contribution < -0.4 is 10.6 Å². The Balaban J connectivity index is 2.34. The van der Waals surface area contributed by atoms with Crippen molar-refractivity contribution in [1.29, 1.82) is 0 Å². The second kappa shape index (κ2) is 5.53. The van der Waals surface area contributed by atoms with Gasteiger partial charge >= 0.3 is 6.03 Å². The van der Waals surface area contributed by atoms with Crippen LogP contribution in [0.5, 0.6) is 0 Å². The molecular formula is C11H20N4O. The molecular weight excluding hydrogens is 204 g/mol. The minimum atomic E-state index is -0.196. The first kappa shape index (κ1) is 12.5. The number of anilines is 1. The monoisotopic (exact) mass is 224 g/mol. The number of aryl methyl sites for hydroxylation is 2. The Morgan fingerprint density at radius 1 is 1.56 bits per heavy atom. The van der Waals surface area contributed by atoms with Crippen LogP contribution in [0.25, 0.3) is 0 Å². The normalized spacial score (nSPS) is 10.6. The Morgan fingerprint density at radius 3 is 2.75 bits per heavy atom. The summed E-state index contributed by atoms with van der Waals surface area (Å²) in [5.41, 5.74) is 1.01. The van der Waals surface area contributed by atoms with E-state index in [0.717, 1.165) is 12.1 Å². The molecule has 16 heavy (non-hydrogen) atoms. The first-order valence-electron chi connectivity index (χ1n) is 5.54. The van der Waals surface area contributed by atoms with E-state index in [-0.39, 0.29) is 6.03 Å². The van der Waals surface area contributed by atoms with Gasteiger partial charge in [-0.25, -0.2) is 4.79 Å². The summed E-state index contributed by atoms with van der Waals surface area (Å²) in [5, 5.41) is 9.63. The minimum Gasteiger partial charge on any atom is -0.338 e. The molecule has 0 unspecified atom stereocenters. The lowest BCUT2D eigenvalue weighted by Crippen LogP contribution is -2.30. The number of nitrogens with one attached hydrogen (secondary N) is 2. The molecule has 1 heterocycles. The van der Waals surface area contributed by atoms with Gasteiger partial charge in [-0.3, -0.25) is 10.00 Å². The molecule has 1 rings (SSSR count). The number of nitrogens with zero attached hydrogens (tertiary/aromatic N) is 2. The highest BCUT2D eigenvalue weighted by molar-refractivity contribution is 5.88. The van der Waals surface area contributed by atoms with E-state index in [4.69, 9.17) is 0 Å². The topological polar surface area (TPSA) is 59.0 Å². The number of hydrogen-bond acceptors (Lipinski definition) is 2. The summed E-state index contributed by atoms with van der Waals surface area (Å²) in [6.07, 6.45) is 0.981. The molecule has 1 aromatic rings. The molecule has 0 saturated heterocycles. The second-order valence-electron chi connectivity index (χ2n) is 4.36. The fourth-order valence-corrected chi connectivity index (χ4v) is 1.26. The third-order valence-electron chi connectivity index (χ3n) is 2.36. The van der Waals surface area contributed by atoms with E-state index in [9.17, 15) is 4.79 Å². The van der Waals surface area contributed by atoms with Crippen molar-refractivity contribution in [3.63, 3.8) is 0 Å². The van der Waals surface area contributed by atoms with Crippen LogP contribution >= 0.6 is 0 Å². The van der Waals surface area contributed by atoms with Crippen molar-refractivity contribution in [2.45, 2.75) is 27.2 Å². The molecule has 0 aliphatic rings. The van der Waals surface area contributed by atoms with E-state index in [1.807, 2.05) is 20.0 Å². The van der Waals surface area contributed by atoms with Crippen LogP contribution in [0.3, 0.4) is 0 Å². The highest BCUT2D eigenvalue weighted by Gasteiger charge is 2.05. The first-order valence-corrected chi connectivity index (χ1v) is 5.54. The Kier molecular flexibility index (Phi) is 4.34. The zero-order chi connectivity index (χ0) is 12.1. The lowest BCUT2D eigenvalue weighted by molar-refractivity contribution is 0.251. The molecule has 1 aromatic heterocycles. The van der Waals surface area contributed by atoms with Gasteiger partial charge in [-0.15, -0.1) is 0 Å². The molecule has 0 atom stereocenters. The van der Waals surface area contributed by atoms with Crippen molar-refractivity contribution in [2.75, 3.05) is 11.9 Å². The molecule has 0 saturated carbocycles. The van der Waals surface area contributed by atoms with E-state index in [0.29, 0.717) is 18.3 Å². The Labute approximate surface area is 96.2 Å². The van der Waals surface area contributed by atoms with Gasteiger partial charge in [0.2, 0.25) is 0 Å². The number of amides is 2. The van der Waals surface area contributed by atoms with Crippen molar-refractivity contribution < 1.29 is 4.79 Å². The van der Waals surface area contributed by atoms with Crippen LogP contribution in [0.4, 0.5) is 10.6 Å². The van der Waals surface area contributed by atoms with Crippen LogP contribution in [0.2, 0.25) is 0 Å². The molecule has 0 aliphatic carbocycles. The summed E-state index contributed by atoms with van der Waals surface area (Å²) in [5.74, 6) is 1.18. The molecule has 90 valence electrons. The van der Waals surface area contributed by atoms with Crippen molar-refractivity contribution >= 4 is 11.8 Å². The van der Waals surface area contributed by atoms with Crippen molar-refractivity contribution in [3.05, 3.63) is 11.8 Å². The fraction of sp³-hybridized carbons (Fsp3) is 0.636. The Hall–Kier alpha value is -1.52. The van der Waals surface area contributed by atoms with Gasteiger partial charge in [0.1, 0.15) is 0 Å². The maximum absolute atomic E-state index is 11.4. The van der Waals surface area contributed by atoms with Crippen molar-refractivity contribution in [1.82, 2.24) is 15.1 Å². The summed E-state index contributed by atoms with van der Waals surface area (Å²) < 4.78 is 1.73. The van der Waals surface area contributed by atoms with Gasteiger partial charge in [-0.1, -0.05) is 13.8 Å². The van der Waals surface area contributed by atoms with Gasteiger partial charge in [0.05, 0.1) is 0 Å². The Morgan fingerprint density at radius 2 is 2.25 bits per heavy atom. The van der Waals surface area contributed by atoms with Crippen LogP contribution in [-0.2, 0) is 7.05 Å². The number of urea groups is 1. The largest absolute Gasteiger partial charge is 0.338 e. The SMILES string of the molecule is Cc1cc(NC(=O)NCCC(C)C)nn1C. The van der Waals surface area contributed by atoms with Crippen molar-refractivity contribution in [3.8, 4) is 0 Å². The van der Waals surface area contributed by atoms with Gasteiger partial charge in [-0.05, 0) is 19.3 Å². The van der Waals surface area contributed by atoms with Gasteiger partial charge in [-0.2, -0.15) is 5.10 Å². The third kappa shape index (κ3) is 3.92. The molecule has 0 fully saturated rings. The smallest absolute Gasteiger partial charge is 0.320 e. The Bertz CT molecular complexity index is 337. The number of rotatable bonds is 4. The van der Waals surface area contributed by atoms with Crippen molar-refractivity contribution in [2.24, 2.45) is 13.0 Å². The lowest BCUT2D eigenvalue weighted by Gasteiger charge is -2.06. The number of carbonyl (C=O) groups is 1. The predicted octanol–water partition coefficient (Wildman–Crippen LogP) is 1.90. The summed E-state index contributed by atoms with van der Waals surface area (Å²) in [7, 11) is 1.84. The molecule has 2 amide bonds. The molecule has 5 nitrogen and oxygen atoms in total. The number of aromatic nitrogens is 2. The zero-order valence-corrected chi connectivity index (χ0v) is 10.4. The lowest BCUT2D eigenvalue weighted by atomic mass is 10.1. The van der Waals surface area contributed by atoms with Gasteiger partial charge in [0.25, 0.3) is 0 Å². The standard InChI is InChI=1S/C11H20N4O/c1-8(2)5-6-12-11(16)13-10-7-9(3)15(4)14-10/h7-8H,5-6H2,1-4H3,(H2,12,13,14,16). The molecule has 0 spiro atoms. The first-order chi connectivity index (χ1) is 7.49. The number of hydrogen-bond donors (Lipinski definition) is 2. The van der Waals surface area contributed by atoms with E-state index >= 15 is 0 Å². The summed E-state index contributed by atoms with van der Waals surface area (Å²) in [6, 6.07) is 1.64. The highest BCUT2D eigenvalue weighted by Crippen LogP contribution is 2.06. The predicted molar refractivity (Wildman–Crippen MR) is 64.4 cm³/mol. The van der Waals surface area contributed by atoms with E-state index in [1.165, 1.54) is 0 Å². The minimum absolute atomic E-state index is 0.196.